The predicted octanol–water partition coefficient (Wildman–Crippen LogP) is 6.11. The molecule has 0 spiro atoms. The maximum Gasteiger partial charge on any atom is 0.410 e. The molecule has 2 amide bonds. The number of hydrogen-bond donors (Lipinski definition) is 1. The molecule has 9 heteroatoms. The van der Waals surface area contributed by atoms with Crippen LogP contribution in [0.3, 0.4) is 0 Å². The number of carbonyl (C=O) groups excluding carboxylic acids is 2. The fourth-order valence-electron chi connectivity index (χ4n) is 5.13. The zero-order chi connectivity index (χ0) is 26.5. The van der Waals surface area contributed by atoms with E-state index in [4.69, 9.17) is 14.3 Å². The summed E-state index contributed by atoms with van der Waals surface area (Å²) in [4.78, 5) is 26.7. The number of amides is 2. The van der Waals surface area contributed by atoms with Crippen LogP contribution >= 0.6 is 0 Å². The summed E-state index contributed by atoms with van der Waals surface area (Å²) in [5.41, 5.74) is 3.09. The molecule has 1 unspecified atom stereocenters. The molecule has 1 aromatic heterocycles. The molecule has 2 aliphatic heterocycles. The summed E-state index contributed by atoms with van der Waals surface area (Å²) in [6.07, 6.45) is 5.07. The molecule has 1 saturated heterocycles. The van der Waals surface area contributed by atoms with E-state index >= 15 is 0 Å². The number of likely N-dealkylation sites (tertiary alicyclic amines) is 1. The quantitative estimate of drug-likeness (QED) is 0.410. The lowest BCUT2D eigenvalue weighted by Gasteiger charge is -2.33. The first-order chi connectivity index (χ1) is 17.4. The molecule has 8 nitrogen and oxygen atoms in total. The minimum atomic E-state index is -1.95. The van der Waals surface area contributed by atoms with Crippen LogP contribution in [0.1, 0.15) is 67.2 Å². The van der Waals surface area contributed by atoms with Crippen LogP contribution in [0.15, 0.2) is 42.7 Å². The summed E-state index contributed by atoms with van der Waals surface area (Å²) in [5, 5.41) is 9.69. The number of hydrogen-bond acceptors (Lipinski definition) is 5. The molecule has 0 bridgehead atoms. The molecule has 3 heterocycles. The Morgan fingerprint density at radius 1 is 1.14 bits per heavy atom. The van der Waals surface area contributed by atoms with Crippen molar-refractivity contribution < 1.29 is 18.8 Å². The lowest BCUT2D eigenvalue weighted by atomic mass is 9.95. The van der Waals surface area contributed by atoms with Gasteiger partial charge in [-0.1, -0.05) is 18.2 Å². The third-order valence-corrected chi connectivity index (χ3v) is 7.68. The van der Waals surface area contributed by atoms with E-state index in [1.54, 1.807) is 4.90 Å². The van der Waals surface area contributed by atoms with E-state index in [2.05, 4.69) is 43.3 Å². The van der Waals surface area contributed by atoms with Crippen LogP contribution in [0.4, 0.5) is 10.5 Å². The monoisotopic (exact) mass is 520 g/mol. The Balaban J connectivity index is 1.41. The van der Waals surface area contributed by atoms with Gasteiger partial charge in [-0.2, -0.15) is 5.10 Å². The summed E-state index contributed by atoms with van der Waals surface area (Å²) in [6, 6.07) is 10.1. The van der Waals surface area contributed by atoms with Gasteiger partial charge in [-0.25, -0.2) is 4.79 Å². The molecule has 2 aliphatic rings. The van der Waals surface area contributed by atoms with Gasteiger partial charge in [0.25, 0.3) is 5.91 Å². The first-order valence-corrected chi connectivity index (χ1v) is 16.4. The lowest BCUT2D eigenvalue weighted by molar-refractivity contribution is 0.0184. The van der Waals surface area contributed by atoms with Gasteiger partial charge in [0.15, 0.2) is 8.32 Å². The number of benzene rings is 2. The number of rotatable bonds is 5. The number of nitrogens with zero attached hydrogens (tertiary/aromatic N) is 3. The molecule has 1 N–H and O–H groups in total. The summed E-state index contributed by atoms with van der Waals surface area (Å²) < 4.78 is 14.3. The SMILES string of the molecule is CC(C)(C)OC(=O)N1CCC(n2cc(C(O[Si](C)(C)C)c3ccc4c5c(cccc35)C(=O)N4)cn2)CC1. The van der Waals surface area contributed by atoms with Crippen LogP contribution in [-0.2, 0) is 9.16 Å². The highest BCUT2D eigenvalue weighted by atomic mass is 28.4. The fourth-order valence-corrected chi connectivity index (χ4v) is 6.10. The van der Waals surface area contributed by atoms with Crippen molar-refractivity contribution >= 4 is 36.8 Å². The Morgan fingerprint density at radius 3 is 2.54 bits per heavy atom. The second-order valence-electron chi connectivity index (χ2n) is 11.9. The van der Waals surface area contributed by atoms with Crippen molar-refractivity contribution in [2.45, 2.75) is 71.0 Å². The number of ether oxygens (including phenoxy) is 1. The number of aromatic nitrogens is 2. The minimum absolute atomic E-state index is 0.0639. The van der Waals surface area contributed by atoms with Gasteiger partial charge >= 0.3 is 6.09 Å². The first kappa shape index (κ1) is 25.5. The van der Waals surface area contributed by atoms with Gasteiger partial charge < -0.3 is 19.4 Å². The molecule has 0 radical (unpaired) electrons. The number of anilines is 1. The second kappa shape index (κ2) is 9.29. The zero-order valence-corrected chi connectivity index (χ0v) is 23.5. The van der Waals surface area contributed by atoms with Crippen LogP contribution in [-0.4, -0.2) is 53.7 Å². The van der Waals surface area contributed by atoms with Gasteiger partial charge in [0.05, 0.1) is 18.3 Å². The third-order valence-electron chi connectivity index (χ3n) is 6.74. The first-order valence-electron chi connectivity index (χ1n) is 13.0. The highest BCUT2D eigenvalue weighted by Gasteiger charge is 2.31. The van der Waals surface area contributed by atoms with E-state index in [0.29, 0.717) is 18.7 Å². The van der Waals surface area contributed by atoms with Crippen molar-refractivity contribution in [1.29, 1.82) is 0 Å². The molecule has 5 rings (SSSR count). The van der Waals surface area contributed by atoms with E-state index < -0.39 is 13.9 Å². The molecule has 1 atom stereocenters. The van der Waals surface area contributed by atoms with E-state index in [0.717, 1.165) is 40.4 Å². The number of nitrogens with one attached hydrogen (secondary N) is 1. The molecule has 0 aliphatic carbocycles. The van der Waals surface area contributed by atoms with Crippen molar-refractivity contribution in [3.63, 3.8) is 0 Å². The minimum Gasteiger partial charge on any atom is -0.444 e. The molecule has 3 aromatic rings. The number of piperidine rings is 1. The van der Waals surface area contributed by atoms with Gasteiger partial charge in [-0.15, -0.1) is 0 Å². The van der Waals surface area contributed by atoms with Crippen molar-refractivity contribution in [1.82, 2.24) is 14.7 Å². The maximum atomic E-state index is 12.5. The van der Waals surface area contributed by atoms with Gasteiger partial charge in [0, 0.05) is 41.5 Å². The van der Waals surface area contributed by atoms with Gasteiger partial charge in [0.2, 0.25) is 0 Å². The smallest absolute Gasteiger partial charge is 0.410 e. The van der Waals surface area contributed by atoms with E-state index in [1.165, 1.54) is 0 Å². The predicted molar refractivity (Wildman–Crippen MR) is 146 cm³/mol. The average molecular weight is 521 g/mol. The Labute approximate surface area is 219 Å². The Hall–Kier alpha value is -3.17. The van der Waals surface area contributed by atoms with Crippen molar-refractivity contribution in [3.05, 3.63) is 59.4 Å². The van der Waals surface area contributed by atoms with Crippen molar-refractivity contribution in [2.75, 3.05) is 18.4 Å². The van der Waals surface area contributed by atoms with E-state index in [9.17, 15) is 9.59 Å². The Kier molecular flexibility index (Phi) is 6.40. The second-order valence-corrected chi connectivity index (χ2v) is 16.4. The van der Waals surface area contributed by atoms with Crippen LogP contribution in [0.2, 0.25) is 19.6 Å². The summed E-state index contributed by atoms with van der Waals surface area (Å²) >= 11 is 0. The summed E-state index contributed by atoms with van der Waals surface area (Å²) in [5.74, 6) is -0.0639. The normalized spacial score (nSPS) is 17.2. The molecule has 37 heavy (non-hydrogen) atoms. The highest BCUT2D eigenvalue weighted by molar-refractivity contribution is 6.69. The van der Waals surface area contributed by atoms with Crippen LogP contribution in [0, 0.1) is 0 Å². The van der Waals surface area contributed by atoms with Crippen molar-refractivity contribution in [3.8, 4) is 0 Å². The maximum absolute atomic E-state index is 12.5. The van der Waals surface area contributed by atoms with Gasteiger partial charge in [0.1, 0.15) is 5.60 Å². The van der Waals surface area contributed by atoms with E-state index in [1.807, 2.05) is 49.8 Å². The molecule has 0 saturated carbocycles. The molecule has 2 aromatic carbocycles. The van der Waals surface area contributed by atoms with Crippen LogP contribution < -0.4 is 5.32 Å². The Bertz CT molecular complexity index is 1350. The average Bonchev–Trinajstić information content (AvgIpc) is 3.43. The Morgan fingerprint density at radius 2 is 1.86 bits per heavy atom. The molecular weight excluding hydrogens is 484 g/mol. The summed E-state index contributed by atoms with van der Waals surface area (Å²) in [7, 11) is -1.95. The highest BCUT2D eigenvalue weighted by Crippen LogP contribution is 2.40. The van der Waals surface area contributed by atoms with Crippen LogP contribution in [0.25, 0.3) is 10.8 Å². The van der Waals surface area contributed by atoms with Crippen molar-refractivity contribution in [2.24, 2.45) is 0 Å². The fraction of sp³-hybridized carbons (Fsp3) is 0.464. The topological polar surface area (TPSA) is 85.7 Å². The molecular formula is C28H36N4O4Si. The molecule has 1 fully saturated rings. The number of carbonyl (C=O) groups is 2. The third kappa shape index (κ3) is 5.29. The lowest BCUT2D eigenvalue weighted by Crippen LogP contribution is -2.42. The molecule has 196 valence electrons. The van der Waals surface area contributed by atoms with E-state index in [-0.39, 0.29) is 24.1 Å². The largest absolute Gasteiger partial charge is 0.444 e. The van der Waals surface area contributed by atoms with Gasteiger partial charge in [-0.05, 0) is 76.3 Å². The standard InChI is InChI=1S/C28H36N4O4Si/c1-28(2,3)35-27(34)31-14-12-19(13-15-31)32-17-18(16-29-32)25(36-37(4,5)6)21-10-11-23-24-20(21)8-7-9-22(24)26(33)30-23/h7-11,16-17,19,25H,12-15H2,1-6H3,(H,30,33). The summed E-state index contributed by atoms with van der Waals surface area (Å²) in [6.45, 7) is 13.5. The zero-order valence-electron chi connectivity index (χ0n) is 22.5. The van der Waals surface area contributed by atoms with Crippen LogP contribution in [0.5, 0.6) is 0 Å². The van der Waals surface area contributed by atoms with Gasteiger partial charge in [-0.3, -0.25) is 9.48 Å².